The van der Waals surface area contributed by atoms with Crippen LogP contribution in [0.25, 0.3) is 21.8 Å². The third kappa shape index (κ3) is 3.73. The normalized spacial score (nSPS) is 14.5. The molecule has 1 fully saturated rings. The lowest BCUT2D eigenvalue weighted by Crippen LogP contribution is -2.21. The highest BCUT2D eigenvalue weighted by Gasteiger charge is 2.15. The fourth-order valence-electron chi connectivity index (χ4n) is 3.93. The Morgan fingerprint density at radius 3 is 2.79 bits per heavy atom. The van der Waals surface area contributed by atoms with Gasteiger partial charge in [-0.1, -0.05) is 18.2 Å². The number of carbonyl (C=O) groups excluding carboxylic acids is 1. The number of nitrogens with zero attached hydrogens (tertiary/aromatic N) is 2. The Labute approximate surface area is 164 Å². The second-order valence-corrected chi connectivity index (χ2v) is 7.03. The first-order valence-electron chi connectivity index (χ1n) is 9.80. The number of ether oxygens (including phenoxy) is 2. The lowest BCUT2D eigenvalue weighted by molar-refractivity contribution is -0.120. The number of rotatable bonds is 8. The van der Waals surface area contributed by atoms with Gasteiger partial charge in [-0.3, -0.25) is 4.79 Å². The highest BCUT2D eigenvalue weighted by atomic mass is 16.5. The second kappa shape index (κ2) is 8.44. The Morgan fingerprint density at radius 2 is 2.00 bits per heavy atom. The molecule has 0 aliphatic carbocycles. The minimum Gasteiger partial charge on any atom is -0.493 e. The van der Waals surface area contributed by atoms with E-state index in [0.29, 0.717) is 24.6 Å². The molecule has 0 radical (unpaired) electrons. The maximum atomic E-state index is 11.1. The lowest BCUT2D eigenvalue weighted by atomic mass is 10.1. The van der Waals surface area contributed by atoms with Gasteiger partial charge in [-0.25, -0.2) is 4.98 Å². The van der Waals surface area contributed by atoms with Gasteiger partial charge in [0.1, 0.15) is 11.5 Å². The van der Waals surface area contributed by atoms with E-state index in [4.69, 9.17) is 14.5 Å². The Kier molecular flexibility index (Phi) is 5.58. The summed E-state index contributed by atoms with van der Waals surface area (Å²) in [6, 6.07) is 11.6. The van der Waals surface area contributed by atoms with E-state index in [9.17, 15) is 4.79 Å². The Balaban J connectivity index is 1.64. The highest BCUT2D eigenvalue weighted by molar-refractivity contribution is 6.10. The molecule has 0 spiro atoms. The van der Waals surface area contributed by atoms with Crippen molar-refractivity contribution in [3.63, 3.8) is 0 Å². The van der Waals surface area contributed by atoms with Crippen LogP contribution in [0.2, 0.25) is 0 Å². The second-order valence-electron chi connectivity index (χ2n) is 7.03. The van der Waals surface area contributed by atoms with Crippen LogP contribution in [-0.4, -0.2) is 49.6 Å². The number of likely N-dealkylation sites (tertiary alicyclic amines) is 1. The molecule has 0 saturated carbocycles. The van der Waals surface area contributed by atoms with Crippen molar-refractivity contribution in [2.45, 2.75) is 19.3 Å². The molecule has 0 unspecified atom stereocenters. The molecule has 6 heteroatoms. The van der Waals surface area contributed by atoms with E-state index in [-0.39, 0.29) is 0 Å². The molecular formula is C22H25N3O3. The van der Waals surface area contributed by atoms with Crippen LogP contribution in [0.3, 0.4) is 0 Å². The molecule has 3 aromatic rings. The predicted octanol–water partition coefficient (Wildman–Crippen LogP) is 3.83. The fraction of sp³-hybridized carbons (Fsp3) is 0.364. The summed E-state index contributed by atoms with van der Waals surface area (Å²) in [7, 11) is 1.86. The Morgan fingerprint density at radius 1 is 1.18 bits per heavy atom. The number of benzene rings is 2. The summed E-state index contributed by atoms with van der Waals surface area (Å²) in [5.41, 5.74) is 2.50. The van der Waals surface area contributed by atoms with Gasteiger partial charge in [0, 0.05) is 31.1 Å². The van der Waals surface area contributed by atoms with Gasteiger partial charge < -0.3 is 19.7 Å². The van der Waals surface area contributed by atoms with Crippen LogP contribution in [0.1, 0.15) is 19.3 Å². The standard InChI is InChI=1S/C22H25N3O3/c1-23-22-17-7-2-3-8-18(17)24-19-13-16(14-20(21(19)22)28-15-26)27-12-6-11-25-9-4-5-10-25/h2-3,7-8,13-15H,4-6,9-12H2,1H3,(H,23,24). The third-order valence-electron chi connectivity index (χ3n) is 5.23. The van der Waals surface area contributed by atoms with E-state index in [1.54, 1.807) is 6.07 Å². The molecule has 1 saturated heterocycles. The number of fused-ring (bicyclic) bond motifs is 2. The minimum absolute atomic E-state index is 0.445. The molecule has 1 aliphatic heterocycles. The average molecular weight is 379 g/mol. The van der Waals surface area contributed by atoms with Gasteiger partial charge in [0.25, 0.3) is 6.47 Å². The molecule has 28 heavy (non-hydrogen) atoms. The summed E-state index contributed by atoms with van der Waals surface area (Å²) in [5, 5.41) is 4.99. The van der Waals surface area contributed by atoms with Crippen molar-refractivity contribution in [3.05, 3.63) is 36.4 Å². The van der Waals surface area contributed by atoms with Crippen LogP contribution in [-0.2, 0) is 4.79 Å². The van der Waals surface area contributed by atoms with Crippen molar-refractivity contribution < 1.29 is 14.3 Å². The number of nitrogens with one attached hydrogen (secondary N) is 1. The zero-order valence-electron chi connectivity index (χ0n) is 16.1. The van der Waals surface area contributed by atoms with Crippen molar-refractivity contribution in [3.8, 4) is 11.5 Å². The molecule has 6 nitrogen and oxygen atoms in total. The van der Waals surface area contributed by atoms with E-state index >= 15 is 0 Å². The van der Waals surface area contributed by atoms with E-state index in [1.165, 1.54) is 25.9 Å². The SMILES string of the molecule is CNc1c2ccccc2nc2cc(OCCCN3CCCC3)cc(OC=O)c12. The molecule has 2 heterocycles. The first-order valence-corrected chi connectivity index (χ1v) is 9.80. The quantitative estimate of drug-likeness (QED) is 0.365. The number of hydrogen-bond acceptors (Lipinski definition) is 6. The minimum atomic E-state index is 0.445. The first kappa shape index (κ1) is 18.5. The Bertz CT molecular complexity index is 984. The molecule has 1 aromatic heterocycles. The molecule has 1 aliphatic rings. The molecule has 0 bridgehead atoms. The molecule has 2 aromatic carbocycles. The monoisotopic (exact) mass is 379 g/mol. The highest BCUT2D eigenvalue weighted by Crippen LogP contribution is 2.39. The van der Waals surface area contributed by atoms with E-state index < -0.39 is 0 Å². The Hall–Kier alpha value is -2.86. The number of pyridine rings is 1. The summed E-state index contributed by atoms with van der Waals surface area (Å²) < 4.78 is 11.3. The van der Waals surface area contributed by atoms with Crippen molar-refractivity contribution in [2.75, 3.05) is 38.6 Å². The van der Waals surface area contributed by atoms with Gasteiger partial charge >= 0.3 is 0 Å². The summed E-state index contributed by atoms with van der Waals surface area (Å²) in [4.78, 5) is 18.3. The van der Waals surface area contributed by atoms with E-state index in [1.807, 2.05) is 37.4 Å². The van der Waals surface area contributed by atoms with Gasteiger partial charge in [-0.2, -0.15) is 0 Å². The van der Waals surface area contributed by atoms with Crippen molar-refractivity contribution in [1.29, 1.82) is 0 Å². The average Bonchev–Trinajstić information content (AvgIpc) is 3.23. The summed E-state index contributed by atoms with van der Waals surface area (Å²) in [6.07, 6.45) is 3.56. The van der Waals surface area contributed by atoms with Gasteiger partial charge in [0.15, 0.2) is 0 Å². The number of hydrogen-bond donors (Lipinski definition) is 1. The fourth-order valence-corrected chi connectivity index (χ4v) is 3.93. The zero-order valence-corrected chi connectivity index (χ0v) is 16.1. The van der Waals surface area contributed by atoms with Gasteiger partial charge in [-0.15, -0.1) is 0 Å². The number of carbonyl (C=O) groups is 1. The van der Waals surface area contributed by atoms with Crippen molar-refractivity contribution in [1.82, 2.24) is 9.88 Å². The molecule has 0 atom stereocenters. The number of para-hydroxylation sites is 1. The van der Waals surface area contributed by atoms with E-state index in [0.717, 1.165) is 40.5 Å². The molecule has 0 amide bonds. The van der Waals surface area contributed by atoms with Crippen LogP contribution in [0.15, 0.2) is 36.4 Å². The first-order chi connectivity index (χ1) is 13.8. The van der Waals surface area contributed by atoms with Crippen LogP contribution in [0.5, 0.6) is 11.5 Å². The van der Waals surface area contributed by atoms with Gasteiger partial charge in [-0.05, 0) is 38.4 Å². The van der Waals surface area contributed by atoms with Crippen LogP contribution in [0.4, 0.5) is 5.69 Å². The van der Waals surface area contributed by atoms with E-state index in [2.05, 4.69) is 10.2 Å². The molecular weight excluding hydrogens is 354 g/mol. The zero-order chi connectivity index (χ0) is 19.3. The van der Waals surface area contributed by atoms with Crippen LogP contribution >= 0.6 is 0 Å². The summed E-state index contributed by atoms with van der Waals surface area (Å²) in [5.74, 6) is 1.11. The molecule has 4 rings (SSSR count). The molecule has 146 valence electrons. The van der Waals surface area contributed by atoms with Crippen LogP contribution in [0, 0.1) is 0 Å². The van der Waals surface area contributed by atoms with Crippen molar-refractivity contribution >= 4 is 34.0 Å². The largest absolute Gasteiger partial charge is 0.493 e. The summed E-state index contributed by atoms with van der Waals surface area (Å²) in [6.45, 7) is 4.50. The van der Waals surface area contributed by atoms with Crippen LogP contribution < -0.4 is 14.8 Å². The van der Waals surface area contributed by atoms with Crippen molar-refractivity contribution in [2.24, 2.45) is 0 Å². The smallest absolute Gasteiger partial charge is 0.298 e. The van der Waals surface area contributed by atoms with Gasteiger partial charge in [0.2, 0.25) is 0 Å². The third-order valence-corrected chi connectivity index (χ3v) is 5.23. The maximum Gasteiger partial charge on any atom is 0.298 e. The van der Waals surface area contributed by atoms with Gasteiger partial charge in [0.05, 0.1) is 28.7 Å². The summed E-state index contributed by atoms with van der Waals surface area (Å²) >= 11 is 0. The number of aromatic nitrogens is 1. The predicted molar refractivity (Wildman–Crippen MR) is 111 cm³/mol. The number of anilines is 1. The maximum absolute atomic E-state index is 11.1. The lowest BCUT2D eigenvalue weighted by Gasteiger charge is -2.16. The molecule has 1 N–H and O–H groups in total. The topological polar surface area (TPSA) is 63.7 Å².